The number of Topliss-reactive ketones (excluding diaryl/α,β-unsaturated/α-hetero) is 1. The highest BCUT2D eigenvalue weighted by atomic mass is 16.6. The number of hydrogen-bond donors (Lipinski definition) is 1. The maximum atomic E-state index is 12.7. The highest BCUT2D eigenvalue weighted by molar-refractivity contribution is 5.90. The second kappa shape index (κ2) is 8.65. The van der Waals surface area contributed by atoms with Crippen molar-refractivity contribution in [2.75, 3.05) is 20.1 Å². The van der Waals surface area contributed by atoms with Crippen LogP contribution in [0.25, 0.3) is 0 Å². The number of carbonyl (C=O) groups is 3. The van der Waals surface area contributed by atoms with Crippen LogP contribution in [0.5, 0.6) is 0 Å². The van der Waals surface area contributed by atoms with E-state index in [0.717, 1.165) is 6.42 Å². The van der Waals surface area contributed by atoms with Gasteiger partial charge in [0.2, 0.25) is 0 Å². The number of ketones is 1. The normalized spacial score (nSPS) is 19.4. The second-order valence-electron chi connectivity index (χ2n) is 8.20. The lowest BCUT2D eigenvalue weighted by Gasteiger charge is -2.30. The molecule has 1 unspecified atom stereocenters. The Morgan fingerprint density at radius 3 is 2.36 bits per heavy atom. The minimum Gasteiger partial charge on any atom is -0.480 e. The standard InChI is InChI=1S/C18H32N2O5/c1-12(2)10-14(16(22)23)19(6)11-15(21)13-8-7-9-20(13)17(24)25-18(3,4)5/h12-14H,7-11H2,1-6H3,(H,22,23)/t13-,14?/m0/s1. The molecule has 1 N–H and O–H groups in total. The molecule has 25 heavy (non-hydrogen) atoms. The molecule has 1 aliphatic rings. The van der Waals surface area contributed by atoms with Gasteiger partial charge in [-0.3, -0.25) is 19.4 Å². The number of carboxylic acid groups (broad SMARTS) is 1. The van der Waals surface area contributed by atoms with Crippen molar-refractivity contribution in [3.8, 4) is 0 Å². The van der Waals surface area contributed by atoms with Gasteiger partial charge in [0, 0.05) is 6.54 Å². The number of ether oxygens (including phenoxy) is 1. The van der Waals surface area contributed by atoms with Crippen LogP contribution in [0.3, 0.4) is 0 Å². The van der Waals surface area contributed by atoms with Gasteiger partial charge in [0.1, 0.15) is 11.6 Å². The SMILES string of the molecule is CC(C)CC(C(=O)O)N(C)CC(=O)[C@@H]1CCCN1C(=O)OC(C)(C)C. The molecule has 7 heteroatoms. The van der Waals surface area contributed by atoms with Crippen LogP contribution in [-0.4, -0.2) is 70.6 Å². The van der Waals surface area contributed by atoms with E-state index >= 15 is 0 Å². The van der Waals surface area contributed by atoms with Gasteiger partial charge in [-0.1, -0.05) is 13.8 Å². The predicted molar refractivity (Wildman–Crippen MR) is 94.5 cm³/mol. The molecular weight excluding hydrogens is 324 g/mol. The van der Waals surface area contributed by atoms with Crippen LogP contribution < -0.4 is 0 Å². The quantitative estimate of drug-likeness (QED) is 0.754. The summed E-state index contributed by atoms with van der Waals surface area (Å²) in [5.74, 6) is -0.858. The summed E-state index contributed by atoms with van der Waals surface area (Å²) in [7, 11) is 1.64. The summed E-state index contributed by atoms with van der Waals surface area (Å²) in [6, 6.07) is -1.24. The highest BCUT2D eigenvalue weighted by Crippen LogP contribution is 2.22. The number of rotatable bonds is 7. The molecule has 0 bridgehead atoms. The number of carbonyl (C=O) groups excluding carboxylic acids is 2. The molecule has 0 aromatic rings. The summed E-state index contributed by atoms with van der Waals surface area (Å²) in [5, 5.41) is 9.40. The molecule has 7 nitrogen and oxygen atoms in total. The van der Waals surface area contributed by atoms with Crippen LogP contribution in [0.2, 0.25) is 0 Å². The molecule has 1 amide bonds. The van der Waals surface area contributed by atoms with Crippen LogP contribution in [-0.2, 0) is 14.3 Å². The highest BCUT2D eigenvalue weighted by Gasteiger charge is 2.37. The topological polar surface area (TPSA) is 87.2 Å². The van der Waals surface area contributed by atoms with Crippen molar-refractivity contribution in [2.45, 2.75) is 71.6 Å². The van der Waals surface area contributed by atoms with Crippen LogP contribution in [0, 0.1) is 5.92 Å². The smallest absolute Gasteiger partial charge is 0.410 e. The van der Waals surface area contributed by atoms with Gasteiger partial charge in [-0.05, 0) is 53.0 Å². The van der Waals surface area contributed by atoms with Crippen LogP contribution in [0.1, 0.15) is 53.9 Å². The zero-order valence-electron chi connectivity index (χ0n) is 16.2. The number of nitrogens with zero attached hydrogens (tertiary/aromatic N) is 2. The first-order valence-electron chi connectivity index (χ1n) is 8.87. The van der Waals surface area contributed by atoms with Gasteiger partial charge in [-0.2, -0.15) is 0 Å². The number of aliphatic carboxylic acids is 1. The molecule has 0 aliphatic carbocycles. The van der Waals surface area contributed by atoms with Gasteiger partial charge < -0.3 is 9.84 Å². The Morgan fingerprint density at radius 2 is 1.88 bits per heavy atom. The molecule has 2 atom stereocenters. The molecule has 0 aromatic carbocycles. The van der Waals surface area contributed by atoms with E-state index < -0.39 is 29.7 Å². The van der Waals surface area contributed by atoms with E-state index in [1.807, 2.05) is 13.8 Å². The van der Waals surface area contributed by atoms with Crippen molar-refractivity contribution in [1.82, 2.24) is 9.80 Å². The minimum absolute atomic E-state index is 0.00759. The van der Waals surface area contributed by atoms with Gasteiger partial charge in [0.05, 0.1) is 12.6 Å². The average Bonchev–Trinajstić information content (AvgIpc) is 2.91. The first-order valence-corrected chi connectivity index (χ1v) is 8.87. The lowest BCUT2D eigenvalue weighted by atomic mass is 10.0. The van der Waals surface area contributed by atoms with Crippen LogP contribution >= 0.6 is 0 Å². The first-order chi connectivity index (χ1) is 11.4. The number of carboxylic acids is 1. The Bertz CT molecular complexity index is 498. The fourth-order valence-corrected chi connectivity index (χ4v) is 3.02. The summed E-state index contributed by atoms with van der Waals surface area (Å²) in [5.41, 5.74) is -0.615. The van der Waals surface area contributed by atoms with E-state index in [1.54, 1.807) is 32.7 Å². The van der Waals surface area contributed by atoms with Crippen LogP contribution in [0.4, 0.5) is 4.79 Å². The van der Waals surface area contributed by atoms with E-state index in [-0.39, 0.29) is 18.2 Å². The van der Waals surface area contributed by atoms with Crippen LogP contribution in [0.15, 0.2) is 0 Å². The summed E-state index contributed by atoms with van der Waals surface area (Å²) >= 11 is 0. The van der Waals surface area contributed by atoms with Crippen molar-refractivity contribution in [3.05, 3.63) is 0 Å². The minimum atomic E-state index is -0.931. The Kier molecular flexibility index (Phi) is 7.41. The Labute approximate surface area is 150 Å². The molecule has 1 rings (SSSR count). The molecule has 1 heterocycles. The van der Waals surface area contributed by atoms with Crippen molar-refractivity contribution < 1.29 is 24.2 Å². The fraction of sp³-hybridized carbons (Fsp3) is 0.833. The molecule has 1 fully saturated rings. The largest absolute Gasteiger partial charge is 0.480 e. The molecule has 1 saturated heterocycles. The maximum absolute atomic E-state index is 12.7. The van der Waals surface area contributed by atoms with E-state index in [9.17, 15) is 19.5 Å². The zero-order valence-corrected chi connectivity index (χ0v) is 16.2. The van der Waals surface area contributed by atoms with Crippen molar-refractivity contribution in [2.24, 2.45) is 5.92 Å². The molecule has 0 spiro atoms. The molecular formula is C18H32N2O5. The Morgan fingerprint density at radius 1 is 1.28 bits per heavy atom. The second-order valence-corrected chi connectivity index (χ2v) is 8.20. The van der Waals surface area contributed by atoms with Gasteiger partial charge in [0.25, 0.3) is 0 Å². The monoisotopic (exact) mass is 356 g/mol. The molecule has 144 valence electrons. The van der Waals surface area contributed by atoms with E-state index in [2.05, 4.69) is 0 Å². The first kappa shape index (κ1) is 21.4. The Hall–Kier alpha value is -1.63. The van der Waals surface area contributed by atoms with Gasteiger partial charge >= 0.3 is 12.1 Å². The number of amides is 1. The predicted octanol–water partition coefficient (Wildman–Crippen LogP) is 2.39. The van der Waals surface area contributed by atoms with Crippen molar-refractivity contribution >= 4 is 17.8 Å². The molecule has 0 aromatic heterocycles. The number of likely N-dealkylation sites (N-methyl/N-ethyl adjacent to an activating group) is 1. The van der Waals surface area contributed by atoms with E-state index in [4.69, 9.17) is 4.74 Å². The third kappa shape index (κ3) is 6.65. The maximum Gasteiger partial charge on any atom is 0.410 e. The average molecular weight is 356 g/mol. The third-order valence-corrected chi connectivity index (χ3v) is 4.17. The summed E-state index contributed by atoms with van der Waals surface area (Å²) in [4.78, 5) is 39.5. The van der Waals surface area contributed by atoms with Crippen molar-refractivity contribution in [1.29, 1.82) is 0 Å². The van der Waals surface area contributed by atoms with Gasteiger partial charge in [-0.25, -0.2) is 4.79 Å². The lowest BCUT2D eigenvalue weighted by Crippen LogP contribution is -2.49. The zero-order chi connectivity index (χ0) is 19.4. The number of hydrogen-bond acceptors (Lipinski definition) is 5. The molecule has 0 radical (unpaired) electrons. The molecule has 1 aliphatic heterocycles. The fourth-order valence-electron chi connectivity index (χ4n) is 3.02. The van der Waals surface area contributed by atoms with Crippen molar-refractivity contribution in [3.63, 3.8) is 0 Å². The van der Waals surface area contributed by atoms with Gasteiger partial charge in [-0.15, -0.1) is 0 Å². The summed E-state index contributed by atoms with van der Waals surface area (Å²) in [6.07, 6.45) is 1.32. The molecule has 0 saturated carbocycles. The summed E-state index contributed by atoms with van der Waals surface area (Å²) in [6.45, 7) is 9.76. The van der Waals surface area contributed by atoms with Gasteiger partial charge in [0.15, 0.2) is 5.78 Å². The van der Waals surface area contributed by atoms with E-state index in [1.165, 1.54) is 4.90 Å². The number of likely N-dealkylation sites (tertiary alicyclic amines) is 1. The third-order valence-electron chi connectivity index (χ3n) is 4.17. The lowest BCUT2D eigenvalue weighted by molar-refractivity contribution is -0.144. The Balaban J connectivity index is 2.74. The van der Waals surface area contributed by atoms with E-state index in [0.29, 0.717) is 19.4 Å². The summed E-state index contributed by atoms with van der Waals surface area (Å²) < 4.78 is 5.37.